The number of amides is 6. The maximum absolute atomic E-state index is 14.8. The number of primary amides is 1. The summed E-state index contributed by atoms with van der Waals surface area (Å²) in [5, 5.41) is 11.6. The molecule has 1 unspecified atom stereocenters. The molecule has 4 fully saturated rings. The monoisotopic (exact) mass is 715 g/mol. The number of rotatable bonds is 13. The van der Waals surface area contributed by atoms with E-state index in [-0.39, 0.29) is 46.9 Å². The molecule has 0 aromatic carbocycles. The average Bonchev–Trinajstić information content (AvgIpc) is 3.16. The van der Waals surface area contributed by atoms with Crippen LogP contribution in [0.15, 0.2) is 0 Å². The lowest BCUT2D eigenvalue weighted by atomic mass is 9.73. The molecule has 0 aromatic heterocycles. The Kier molecular flexibility index (Phi) is 11.1. The number of carbonyl (C=O) groups is 6. The average molecular weight is 716 g/mol. The van der Waals surface area contributed by atoms with Gasteiger partial charge in [0.15, 0.2) is 0 Å². The number of hydrogen-bond donors (Lipinski definition) is 6. The molecule has 0 radical (unpaired) electrons. The maximum Gasteiger partial charge on any atom is 0.315 e. The van der Waals surface area contributed by atoms with Crippen LogP contribution in [0.3, 0.4) is 0 Å². The van der Waals surface area contributed by atoms with Gasteiger partial charge in [-0.1, -0.05) is 81.1 Å². The number of nitrogens with zero attached hydrogens (tertiary/aromatic N) is 1. The Morgan fingerprint density at radius 1 is 0.843 bits per heavy atom. The van der Waals surface area contributed by atoms with Crippen molar-refractivity contribution in [2.45, 2.75) is 157 Å². The molecule has 51 heavy (non-hydrogen) atoms. The number of fused-ring (bicyclic) bond motifs is 1. The number of urea groups is 1. The summed E-state index contributed by atoms with van der Waals surface area (Å²) in [6.45, 7) is 19.9. The van der Waals surface area contributed by atoms with E-state index < -0.39 is 64.2 Å². The molecule has 13 heteroatoms. The second-order valence-electron chi connectivity index (χ2n) is 19.5. The van der Waals surface area contributed by atoms with Crippen molar-refractivity contribution in [2.24, 2.45) is 44.5 Å². The van der Waals surface area contributed by atoms with Crippen LogP contribution in [0.1, 0.15) is 127 Å². The molecular weight excluding hydrogens is 650 g/mol. The van der Waals surface area contributed by atoms with Crippen LogP contribution >= 0.6 is 0 Å². The standard InChI is InChI=1S/C38H65N7O6/c1-33(2,3)25(20-41-26(46)19-35(7,8)40)43-32(51)44-28(34(4,5)6)31(50)45-21-38(36(9,10)37(38)15-12-16-37)18-24(45)30(49)42-23(27(47)29(39)48)17-22-13-11-14-22/h22-25,28H,11-21,40H2,1-10H3,(H2,39,48)(H,41,46)(H,42,49)(H2,43,44,51)/t23?,24-,25+,28+,38+/m0/s1. The van der Waals surface area contributed by atoms with Gasteiger partial charge in [0.25, 0.3) is 5.91 Å². The van der Waals surface area contributed by atoms with E-state index in [1.807, 2.05) is 41.5 Å². The topological polar surface area (TPSA) is 206 Å². The second-order valence-corrected chi connectivity index (χ2v) is 19.5. The molecule has 4 aliphatic rings. The summed E-state index contributed by atoms with van der Waals surface area (Å²) in [6, 6.07) is -3.99. The van der Waals surface area contributed by atoms with Crippen LogP contribution < -0.4 is 32.7 Å². The fourth-order valence-corrected chi connectivity index (χ4v) is 9.21. The van der Waals surface area contributed by atoms with Crippen LogP contribution in [0.25, 0.3) is 0 Å². The summed E-state index contributed by atoms with van der Waals surface area (Å²) >= 11 is 0. The van der Waals surface area contributed by atoms with Gasteiger partial charge in [-0.3, -0.25) is 24.0 Å². The minimum Gasteiger partial charge on any atom is -0.363 e. The number of hydrogen-bond acceptors (Lipinski definition) is 7. The van der Waals surface area contributed by atoms with Crippen LogP contribution in [-0.2, 0) is 24.0 Å². The van der Waals surface area contributed by atoms with Crippen molar-refractivity contribution in [3.05, 3.63) is 0 Å². The third-order valence-electron chi connectivity index (χ3n) is 12.9. The highest BCUT2D eigenvalue weighted by Gasteiger charge is 2.85. The summed E-state index contributed by atoms with van der Waals surface area (Å²) in [4.78, 5) is 81.8. The molecule has 13 nitrogen and oxygen atoms in total. The van der Waals surface area contributed by atoms with Gasteiger partial charge in [-0.25, -0.2) is 4.79 Å². The zero-order chi connectivity index (χ0) is 38.5. The van der Waals surface area contributed by atoms with Gasteiger partial charge < -0.3 is 37.6 Å². The lowest BCUT2D eigenvalue weighted by Gasteiger charge is -2.37. The summed E-state index contributed by atoms with van der Waals surface area (Å²) in [6.07, 6.45) is 6.91. The molecule has 5 atom stereocenters. The van der Waals surface area contributed by atoms with E-state index in [1.165, 1.54) is 0 Å². The molecule has 6 amide bonds. The quantitative estimate of drug-likeness (QED) is 0.157. The van der Waals surface area contributed by atoms with Gasteiger partial charge in [0.1, 0.15) is 12.1 Å². The van der Waals surface area contributed by atoms with E-state index in [0.717, 1.165) is 38.5 Å². The Balaban J connectivity index is 1.57. The molecule has 0 aromatic rings. The normalized spacial score (nSPS) is 25.5. The van der Waals surface area contributed by atoms with Gasteiger partial charge in [0.05, 0.1) is 12.1 Å². The van der Waals surface area contributed by atoms with Crippen molar-refractivity contribution < 1.29 is 28.8 Å². The minimum absolute atomic E-state index is 0.0213. The first kappa shape index (κ1) is 40.5. The fourth-order valence-electron chi connectivity index (χ4n) is 9.21. The molecule has 0 bridgehead atoms. The molecule has 3 saturated carbocycles. The molecule has 1 heterocycles. The van der Waals surface area contributed by atoms with E-state index in [9.17, 15) is 28.8 Å². The number of nitrogens with two attached hydrogens (primary N) is 2. The third-order valence-corrected chi connectivity index (χ3v) is 12.9. The van der Waals surface area contributed by atoms with Gasteiger partial charge in [0, 0.05) is 30.5 Å². The van der Waals surface area contributed by atoms with Crippen LogP contribution in [0.2, 0.25) is 0 Å². The zero-order valence-corrected chi connectivity index (χ0v) is 32.7. The van der Waals surface area contributed by atoms with Gasteiger partial charge >= 0.3 is 6.03 Å². The highest BCUT2D eigenvalue weighted by molar-refractivity contribution is 6.37. The third kappa shape index (κ3) is 8.08. The molecule has 2 spiro atoms. The molecule has 8 N–H and O–H groups in total. The minimum atomic E-state index is -1.09. The first-order valence-corrected chi connectivity index (χ1v) is 18.8. The largest absolute Gasteiger partial charge is 0.363 e. The van der Waals surface area contributed by atoms with E-state index >= 15 is 0 Å². The number of Topliss-reactive ketones (excluding diaryl/α,β-unsaturated/α-hetero) is 1. The molecule has 4 rings (SSSR count). The van der Waals surface area contributed by atoms with Crippen molar-refractivity contribution in [1.29, 1.82) is 0 Å². The summed E-state index contributed by atoms with van der Waals surface area (Å²) < 4.78 is 0. The zero-order valence-electron chi connectivity index (χ0n) is 32.7. The molecular formula is C38H65N7O6. The van der Waals surface area contributed by atoms with Crippen molar-refractivity contribution in [1.82, 2.24) is 26.2 Å². The van der Waals surface area contributed by atoms with Crippen molar-refractivity contribution in [3.63, 3.8) is 0 Å². The SMILES string of the molecule is CC(C)(N)CC(=O)NC[C@@H](NC(=O)N[C@H](C(=O)N1C[C@]2(C[C@H]1C(=O)NC(CC1CCC1)C(=O)C(N)=O)C(C)(C)C21CCC1)C(C)(C)C)C(C)(C)C. The van der Waals surface area contributed by atoms with Crippen LogP contribution in [-0.4, -0.2) is 83.1 Å². The fraction of sp³-hybridized carbons (Fsp3) is 0.842. The van der Waals surface area contributed by atoms with Crippen LogP contribution in [0, 0.1) is 33.0 Å². The summed E-state index contributed by atoms with van der Waals surface area (Å²) in [5.41, 5.74) is 9.18. The van der Waals surface area contributed by atoms with E-state index in [0.29, 0.717) is 19.4 Å². The van der Waals surface area contributed by atoms with E-state index in [1.54, 1.807) is 18.7 Å². The smallest absolute Gasteiger partial charge is 0.315 e. The number of nitrogens with one attached hydrogen (secondary N) is 4. The predicted molar refractivity (Wildman–Crippen MR) is 195 cm³/mol. The Hall–Kier alpha value is -3.22. The van der Waals surface area contributed by atoms with Crippen LogP contribution in [0.5, 0.6) is 0 Å². The van der Waals surface area contributed by atoms with Crippen molar-refractivity contribution in [2.75, 3.05) is 13.1 Å². The van der Waals surface area contributed by atoms with Gasteiger partial charge in [-0.2, -0.15) is 0 Å². The Bertz CT molecular complexity index is 1400. The highest BCUT2D eigenvalue weighted by atomic mass is 16.2. The van der Waals surface area contributed by atoms with Crippen molar-refractivity contribution in [3.8, 4) is 0 Å². The maximum atomic E-state index is 14.8. The number of likely N-dealkylation sites (tertiary alicyclic amines) is 1. The van der Waals surface area contributed by atoms with Crippen LogP contribution in [0.4, 0.5) is 4.79 Å². The van der Waals surface area contributed by atoms with Gasteiger partial charge in [-0.05, 0) is 67.1 Å². The van der Waals surface area contributed by atoms with E-state index in [2.05, 4.69) is 35.1 Å². The first-order valence-electron chi connectivity index (χ1n) is 18.8. The molecule has 3 aliphatic carbocycles. The predicted octanol–water partition coefficient (Wildman–Crippen LogP) is 2.89. The Morgan fingerprint density at radius 2 is 1.45 bits per heavy atom. The molecule has 1 aliphatic heterocycles. The first-order chi connectivity index (χ1) is 23.3. The molecule has 1 saturated heterocycles. The van der Waals surface area contributed by atoms with Gasteiger partial charge in [0.2, 0.25) is 23.5 Å². The van der Waals surface area contributed by atoms with Crippen molar-refractivity contribution >= 4 is 35.4 Å². The van der Waals surface area contributed by atoms with Gasteiger partial charge in [-0.15, -0.1) is 0 Å². The lowest BCUT2D eigenvalue weighted by molar-refractivity contribution is -0.143. The molecule has 288 valence electrons. The highest BCUT2D eigenvalue weighted by Crippen LogP contribution is 2.88. The van der Waals surface area contributed by atoms with E-state index in [4.69, 9.17) is 11.5 Å². The Morgan fingerprint density at radius 3 is 1.88 bits per heavy atom. The lowest BCUT2D eigenvalue weighted by Crippen LogP contribution is -2.62. The summed E-state index contributed by atoms with van der Waals surface area (Å²) in [5.74, 6) is -2.78. The Labute approximate surface area is 304 Å². The second kappa shape index (κ2) is 14.0. The summed E-state index contributed by atoms with van der Waals surface area (Å²) in [7, 11) is 0. The number of ketones is 1. The number of carbonyl (C=O) groups excluding carboxylic acids is 6.